The zero-order valence-electron chi connectivity index (χ0n) is 4.53. The molecular formula is C4H6N2O2S. The van der Waals surface area contributed by atoms with Gasteiger partial charge in [-0.3, -0.25) is 0 Å². The molecule has 2 N–H and O–H groups in total. The highest BCUT2D eigenvalue weighted by Gasteiger charge is 2.12. The summed E-state index contributed by atoms with van der Waals surface area (Å²) in [6, 6.07) is -0.863. The Hall–Kier alpha value is -0.890. The maximum absolute atomic E-state index is 10.1. The Morgan fingerprint density at radius 3 is 2.67 bits per heavy atom. The van der Waals surface area contributed by atoms with Crippen LogP contribution in [0.2, 0.25) is 0 Å². The number of nitriles is 1. The second-order valence-corrected chi connectivity index (χ2v) is 1.69. The minimum Gasteiger partial charge on any atom is -0.480 e. The topological polar surface area (TPSA) is 73.1 Å². The van der Waals surface area contributed by atoms with Gasteiger partial charge in [0.15, 0.2) is 6.19 Å². The van der Waals surface area contributed by atoms with Crippen LogP contribution in [0.3, 0.4) is 0 Å². The first-order valence-corrected chi connectivity index (χ1v) is 2.84. The Balaban J connectivity index is 3.71. The zero-order chi connectivity index (χ0) is 7.28. The number of carbonyl (C=O) groups is 1. The maximum atomic E-state index is 10.1. The number of thiol groups is 1. The number of rotatable bonds is 3. The lowest BCUT2D eigenvalue weighted by molar-refractivity contribution is -0.138. The molecule has 0 unspecified atom stereocenters. The largest absolute Gasteiger partial charge is 0.480 e. The van der Waals surface area contributed by atoms with Gasteiger partial charge in [0, 0.05) is 5.75 Å². The molecule has 0 radical (unpaired) electrons. The molecule has 0 aliphatic rings. The van der Waals surface area contributed by atoms with Crippen molar-refractivity contribution < 1.29 is 9.90 Å². The van der Waals surface area contributed by atoms with Crippen molar-refractivity contribution in [2.75, 3.05) is 5.75 Å². The van der Waals surface area contributed by atoms with Gasteiger partial charge in [-0.15, -0.1) is 0 Å². The van der Waals surface area contributed by atoms with Crippen LogP contribution in [0, 0.1) is 11.5 Å². The summed E-state index contributed by atoms with van der Waals surface area (Å²) < 4.78 is 0. The predicted octanol–water partition coefficient (Wildman–Crippen LogP) is -0.560. The Morgan fingerprint density at radius 2 is 2.56 bits per heavy atom. The number of nitrogens with one attached hydrogen (secondary N) is 1. The third-order valence-corrected chi connectivity index (χ3v) is 1.08. The summed E-state index contributed by atoms with van der Waals surface area (Å²) in [6.07, 6.45) is 1.52. The fourth-order valence-corrected chi connectivity index (χ4v) is 0.511. The monoisotopic (exact) mass is 146 g/mol. The molecule has 1 atom stereocenters. The summed E-state index contributed by atoms with van der Waals surface area (Å²) in [6.45, 7) is 0. The second kappa shape index (κ2) is 4.04. The summed E-state index contributed by atoms with van der Waals surface area (Å²) in [4.78, 5) is 10.1. The molecule has 0 rings (SSSR count). The smallest absolute Gasteiger partial charge is 0.327 e. The molecule has 0 spiro atoms. The minimum atomic E-state index is -1.06. The SMILES string of the molecule is N#CN[C@@H](CS)C(=O)O. The van der Waals surface area contributed by atoms with Crippen LogP contribution < -0.4 is 5.32 Å². The number of aliphatic carboxylic acids is 1. The van der Waals surface area contributed by atoms with Crippen molar-refractivity contribution in [2.24, 2.45) is 0 Å². The molecule has 0 aliphatic carbocycles. The van der Waals surface area contributed by atoms with E-state index in [1.165, 1.54) is 6.19 Å². The molecule has 0 aromatic heterocycles. The number of carboxylic acid groups (broad SMARTS) is 1. The second-order valence-electron chi connectivity index (χ2n) is 1.33. The van der Waals surface area contributed by atoms with E-state index in [4.69, 9.17) is 10.4 Å². The van der Waals surface area contributed by atoms with Crippen molar-refractivity contribution in [2.45, 2.75) is 6.04 Å². The molecule has 0 amide bonds. The summed E-state index contributed by atoms with van der Waals surface area (Å²) in [5, 5.41) is 18.3. The summed E-state index contributed by atoms with van der Waals surface area (Å²) >= 11 is 3.69. The molecule has 50 valence electrons. The maximum Gasteiger partial charge on any atom is 0.327 e. The van der Waals surface area contributed by atoms with E-state index in [-0.39, 0.29) is 5.75 Å². The number of nitrogens with zero attached hydrogens (tertiary/aromatic N) is 1. The molecule has 0 aromatic carbocycles. The predicted molar refractivity (Wildman–Crippen MR) is 34.0 cm³/mol. The van der Waals surface area contributed by atoms with E-state index >= 15 is 0 Å². The van der Waals surface area contributed by atoms with Gasteiger partial charge in [0.25, 0.3) is 0 Å². The van der Waals surface area contributed by atoms with Crippen LogP contribution in [0.1, 0.15) is 0 Å². The first kappa shape index (κ1) is 8.11. The van der Waals surface area contributed by atoms with E-state index in [9.17, 15) is 4.79 Å². The van der Waals surface area contributed by atoms with E-state index in [1.807, 2.05) is 0 Å². The Labute approximate surface area is 57.9 Å². The van der Waals surface area contributed by atoms with Gasteiger partial charge in [-0.25, -0.2) is 4.79 Å². The van der Waals surface area contributed by atoms with Gasteiger partial charge in [-0.1, -0.05) is 0 Å². The van der Waals surface area contributed by atoms with E-state index in [2.05, 4.69) is 17.9 Å². The molecule has 4 nitrogen and oxygen atoms in total. The van der Waals surface area contributed by atoms with E-state index < -0.39 is 12.0 Å². The molecule has 5 heteroatoms. The van der Waals surface area contributed by atoms with Gasteiger partial charge < -0.3 is 10.4 Å². The fraction of sp³-hybridized carbons (Fsp3) is 0.500. The van der Waals surface area contributed by atoms with Crippen LogP contribution in [0.15, 0.2) is 0 Å². The van der Waals surface area contributed by atoms with Gasteiger partial charge in [0.2, 0.25) is 0 Å². The highest BCUT2D eigenvalue weighted by Crippen LogP contribution is 1.85. The van der Waals surface area contributed by atoms with E-state index in [0.717, 1.165) is 0 Å². The summed E-state index contributed by atoms with van der Waals surface area (Å²) in [5.41, 5.74) is 0. The van der Waals surface area contributed by atoms with Gasteiger partial charge in [0.1, 0.15) is 6.04 Å². The lowest BCUT2D eigenvalue weighted by Crippen LogP contribution is -2.34. The van der Waals surface area contributed by atoms with Crippen molar-refractivity contribution >= 4 is 18.6 Å². The minimum absolute atomic E-state index is 0.114. The molecule has 0 fully saturated rings. The number of hydrogen-bond donors (Lipinski definition) is 3. The van der Waals surface area contributed by atoms with Crippen molar-refractivity contribution in [1.29, 1.82) is 5.26 Å². The van der Waals surface area contributed by atoms with E-state index in [1.54, 1.807) is 0 Å². The third kappa shape index (κ3) is 2.82. The van der Waals surface area contributed by atoms with Gasteiger partial charge in [-0.2, -0.15) is 17.9 Å². The zero-order valence-corrected chi connectivity index (χ0v) is 5.43. The Kier molecular flexibility index (Phi) is 3.64. The first-order chi connectivity index (χ1) is 4.22. The fourth-order valence-electron chi connectivity index (χ4n) is 0.263. The average Bonchev–Trinajstić information content (AvgIpc) is 1.82. The highest BCUT2D eigenvalue weighted by atomic mass is 32.1. The standard InChI is InChI=1S/C4H6N2O2S/c5-2-6-3(1-9)4(7)8/h3,6,9H,1H2,(H,7,8)/t3-/m0/s1. The van der Waals surface area contributed by atoms with Crippen LogP contribution in [-0.2, 0) is 4.79 Å². The molecule has 0 saturated heterocycles. The van der Waals surface area contributed by atoms with Crippen LogP contribution in [0.4, 0.5) is 0 Å². The summed E-state index contributed by atoms with van der Waals surface area (Å²) in [7, 11) is 0. The van der Waals surface area contributed by atoms with Gasteiger partial charge >= 0.3 is 5.97 Å². The van der Waals surface area contributed by atoms with Crippen LogP contribution in [-0.4, -0.2) is 22.9 Å². The normalized spacial score (nSPS) is 11.6. The lowest BCUT2D eigenvalue weighted by atomic mass is 10.3. The quantitative estimate of drug-likeness (QED) is 0.283. The molecule has 0 saturated carbocycles. The lowest BCUT2D eigenvalue weighted by Gasteiger charge is -2.03. The molecule has 0 bridgehead atoms. The van der Waals surface area contributed by atoms with E-state index in [0.29, 0.717) is 0 Å². The molecule has 0 heterocycles. The Morgan fingerprint density at radius 1 is 2.00 bits per heavy atom. The van der Waals surface area contributed by atoms with Crippen LogP contribution in [0.25, 0.3) is 0 Å². The number of hydrogen-bond acceptors (Lipinski definition) is 4. The van der Waals surface area contributed by atoms with Crippen molar-refractivity contribution in [3.8, 4) is 6.19 Å². The molecule has 9 heavy (non-hydrogen) atoms. The van der Waals surface area contributed by atoms with Gasteiger partial charge in [0.05, 0.1) is 0 Å². The van der Waals surface area contributed by atoms with Crippen molar-refractivity contribution in [1.82, 2.24) is 5.32 Å². The van der Waals surface area contributed by atoms with Crippen LogP contribution in [0.5, 0.6) is 0 Å². The molecular weight excluding hydrogens is 140 g/mol. The first-order valence-electron chi connectivity index (χ1n) is 2.20. The number of carboxylic acids is 1. The van der Waals surface area contributed by atoms with Crippen molar-refractivity contribution in [3.05, 3.63) is 0 Å². The highest BCUT2D eigenvalue weighted by molar-refractivity contribution is 7.80. The molecule has 0 aromatic rings. The van der Waals surface area contributed by atoms with Crippen LogP contribution >= 0.6 is 12.6 Å². The Bertz CT molecular complexity index is 142. The average molecular weight is 146 g/mol. The van der Waals surface area contributed by atoms with Gasteiger partial charge in [-0.05, 0) is 0 Å². The summed E-state index contributed by atoms with van der Waals surface area (Å²) in [5.74, 6) is -0.949. The molecule has 0 aliphatic heterocycles. The van der Waals surface area contributed by atoms with Crippen molar-refractivity contribution in [3.63, 3.8) is 0 Å². The third-order valence-electron chi connectivity index (χ3n) is 0.719.